The molecule has 2 aromatic carbocycles. The van der Waals surface area contributed by atoms with Crippen LogP contribution in [0.25, 0.3) is 0 Å². The van der Waals surface area contributed by atoms with Gasteiger partial charge in [0, 0.05) is 18.4 Å². The second-order valence-electron chi connectivity index (χ2n) is 5.99. The molecule has 7 heteroatoms. The first kappa shape index (κ1) is 17.3. The number of aromatic nitrogens is 2. The van der Waals surface area contributed by atoms with E-state index >= 15 is 0 Å². The molecule has 0 radical (unpaired) electrons. The van der Waals surface area contributed by atoms with Gasteiger partial charge in [0.05, 0.1) is 4.92 Å². The van der Waals surface area contributed by atoms with Crippen molar-refractivity contribution in [3.63, 3.8) is 0 Å². The van der Waals surface area contributed by atoms with Crippen LogP contribution in [0.15, 0.2) is 54.9 Å². The molecule has 0 aliphatic carbocycles. The second-order valence-corrected chi connectivity index (χ2v) is 5.99. The van der Waals surface area contributed by atoms with Gasteiger partial charge in [-0.25, -0.2) is 9.97 Å². The third-order valence-corrected chi connectivity index (χ3v) is 4.08. The number of nitrogens with zero attached hydrogens (tertiary/aromatic N) is 4. The van der Waals surface area contributed by atoms with Crippen LogP contribution >= 0.6 is 0 Å². The monoisotopic (exact) mass is 349 g/mol. The fourth-order valence-corrected chi connectivity index (χ4v) is 2.73. The minimum Gasteiger partial charge on any atom is -0.334 e. The van der Waals surface area contributed by atoms with Crippen LogP contribution in [0.2, 0.25) is 0 Å². The summed E-state index contributed by atoms with van der Waals surface area (Å²) in [6.07, 6.45) is 1.33. The molecular formula is C19H19N5O2. The number of hydrogen-bond acceptors (Lipinski definition) is 6. The Morgan fingerprint density at radius 3 is 2.46 bits per heavy atom. The Labute approximate surface area is 151 Å². The molecule has 26 heavy (non-hydrogen) atoms. The minimum absolute atomic E-state index is 0.162. The van der Waals surface area contributed by atoms with Gasteiger partial charge in [0.25, 0.3) is 0 Å². The SMILES string of the molecule is Cc1ccc(Nc2ncnc(N(C)c3ccccc3)c2[N+](=O)[O-])c(C)c1. The Kier molecular flexibility index (Phi) is 4.79. The summed E-state index contributed by atoms with van der Waals surface area (Å²) in [4.78, 5) is 21.2. The molecule has 0 saturated carbocycles. The fraction of sp³-hybridized carbons (Fsp3) is 0.158. The predicted molar refractivity (Wildman–Crippen MR) is 102 cm³/mol. The van der Waals surface area contributed by atoms with Crippen molar-refractivity contribution in [2.75, 3.05) is 17.3 Å². The summed E-state index contributed by atoms with van der Waals surface area (Å²) in [5.74, 6) is 0.387. The molecule has 0 bridgehead atoms. The molecule has 0 amide bonds. The summed E-state index contributed by atoms with van der Waals surface area (Å²) in [5.41, 5.74) is 3.50. The van der Waals surface area contributed by atoms with Crippen LogP contribution in [0.3, 0.4) is 0 Å². The first-order valence-electron chi connectivity index (χ1n) is 8.10. The van der Waals surface area contributed by atoms with Gasteiger partial charge in [-0.15, -0.1) is 0 Å². The van der Waals surface area contributed by atoms with Gasteiger partial charge in [0.15, 0.2) is 0 Å². The number of aryl methyl sites for hydroxylation is 2. The highest BCUT2D eigenvalue weighted by Crippen LogP contribution is 2.36. The molecular weight excluding hydrogens is 330 g/mol. The van der Waals surface area contributed by atoms with E-state index in [1.165, 1.54) is 6.33 Å². The van der Waals surface area contributed by atoms with Crippen molar-refractivity contribution < 1.29 is 4.92 Å². The molecule has 0 aliphatic heterocycles. The first-order chi connectivity index (χ1) is 12.5. The lowest BCUT2D eigenvalue weighted by molar-refractivity contribution is -0.383. The van der Waals surface area contributed by atoms with Gasteiger partial charge >= 0.3 is 5.69 Å². The third-order valence-electron chi connectivity index (χ3n) is 4.08. The molecule has 0 fully saturated rings. The van der Waals surface area contributed by atoms with Crippen molar-refractivity contribution in [1.82, 2.24) is 9.97 Å². The number of benzene rings is 2. The highest BCUT2D eigenvalue weighted by atomic mass is 16.6. The van der Waals surface area contributed by atoms with Crippen LogP contribution in [0.1, 0.15) is 11.1 Å². The van der Waals surface area contributed by atoms with Crippen LogP contribution in [0, 0.1) is 24.0 Å². The van der Waals surface area contributed by atoms with Crippen LogP contribution in [0.4, 0.5) is 28.7 Å². The second kappa shape index (κ2) is 7.18. The number of para-hydroxylation sites is 1. The van der Waals surface area contributed by atoms with E-state index in [0.29, 0.717) is 0 Å². The van der Waals surface area contributed by atoms with Gasteiger partial charge < -0.3 is 10.2 Å². The number of rotatable bonds is 5. The molecule has 1 heterocycles. The maximum absolute atomic E-state index is 11.8. The summed E-state index contributed by atoms with van der Waals surface area (Å²) in [5, 5.41) is 14.8. The van der Waals surface area contributed by atoms with Crippen molar-refractivity contribution in [3.8, 4) is 0 Å². The van der Waals surface area contributed by atoms with Gasteiger partial charge in [-0.1, -0.05) is 35.9 Å². The Bertz CT molecular complexity index is 944. The van der Waals surface area contributed by atoms with E-state index in [1.807, 2.05) is 62.4 Å². The molecule has 0 atom stereocenters. The smallest absolute Gasteiger partial charge is 0.334 e. The van der Waals surface area contributed by atoms with Crippen molar-refractivity contribution in [2.45, 2.75) is 13.8 Å². The topological polar surface area (TPSA) is 84.2 Å². The average molecular weight is 349 g/mol. The fourth-order valence-electron chi connectivity index (χ4n) is 2.73. The van der Waals surface area contributed by atoms with E-state index in [9.17, 15) is 10.1 Å². The lowest BCUT2D eigenvalue weighted by atomic mass is 10.1. The molecule has 0 saturated heterocycles. The largest absolute Gasteiger partial charge is 0.354 e. The molecule has 132 valence electrons. The van der Waals surface area contributed by atoms with Crippen LogP contribution < -0.4 is 10.2 Å². The highest BCUT2D eigenvalue weighted by molar-refractivity contribution is 5.78. The summed E-state index contributed by atoms with van der Waals surface area (Å²) in [6.45, 7) is 3.94. The Balaban J connectivity index is 2.05. The zero-order chi connectivity index (χ0) is 18.7. The summed E-state index contributed by atoms with van der Waals surface area (Å²) in [6, 6.07) is 15.2. The van der Waals surface area contributed by atoms with Crippen molar-refractivity contribution in [3.05, 3.63) is 76.1 Å². The molecule has 3 aromatic rings. The molecule has 0 aliphatic rings. The zero-order valence-electron chi connectivity index (χ0n) is 14.8. The standard InChI is InChI=1S/C19H19N5O2/c1-13-9-10-16(14(2)11-13)22-18-17(24(25)26)19(21-12-20-18)23(3)15-7-5-4-6-8-15/h4-12H,1-3H3,(H,20,21,22). The summed E-state index contributed by atoms with van der Waals surface area (Å²) >= 11 is 0. The van der Waals surface area contributed by atoms with E-state index in [-0.39, 0.29) is 17.3 Å². The molecule has 0 spiro atoms. The summed E-state index contributed by atoms with van der Waals surface area (Å²) < 4.78 is 0. The predicted octanol–water partition coefficient (Wildman–Crippen LogP) is 4.51. The third kappa shape index (κ3) is 3.46. The number of hydrogen-bond donors (Lipinski definition) is 1. The first-order valence-corrected chi connectivity index (χ1v) is 8.10. The Morgan fingerprint density at radius 1 is 1.08 bits per heavy atom. The molecule has 7 nitrogen and oxygen atoms in total. The normalized spacial score (nSPS) is 10.4. The molecule has 1 N–H and O–H groups in total. The lowest BCUT2D eigenvalue weighted by Crippen LogP contribution is -2.15. The van der Waals surface area contributed by atoms with Gasteiger partial charge in [0.1, 0.15) is 6.33 Å². The van der Waals surface area contributed by atoms with E-state index in [2.05, 4.69) is 15.3 Å². The van der Waals surface area contributed by atoms with Gasteiger partial charge in [-0.3, -0.25) is 10.1 Å². The highest BCUT2D eigenvalue weighted by Gasteiger charge is 2.26. The molecule has 0 unspecified atom stereocenters. The lowest BCUT2D eigenvalue weighted by Gasteiger charge is -2.19. The van der Waals surface area contributed by atoms with Crippen LogP contribution in [-0.4, -0.2) is 21.9 Å². The van der Waals surface area contributed by atoms with Gasteiger partial charge in [0.2, 0.25) is 11.6 Å². The van der Waals surface area contributed by atoms with E-state index in [0.717, 1.165) is 22.5 Å². The quantitative estimate of drug-likeness (QED) is 0.539. The van der Waals surface area contributed by atoms with Crippen molar-refractivity contribution >= 4 is 28.7 Å². The number of nitrogens with one attached hydrogen (secondary N) is 1. The number of nitro groups is 1. The zero-order valence-corrected chi connectivity index (χ0v) is 14.8. The van der Waals surface area contributed by atoms with Crippen molar-refractivity contribution in [2.24, 2.45) is 0 Å². The van der Waals surface area contributed by atoms with E-state index in [4.69, 9.17) is 0 Å². The Morgan fingerprint density at radius 2 is 1.81 bits per heavy atom. The minimum atomic E-state index is -0.458. The summed E-state index contributed by atoms with van der Waals surface area (Å²) in [7, 11) is 1.74. The number of anilines is 4. The molecule has 3 rings (SSSR count). The van der Waals surface area contributed by atoms with Crippen molar-refractivity contribution in [1.29, 1.82) is 0 Å². The van der Waals surface area contributed by atoms with Gasteiger partial charge in [-0.2, -0.15) is 0 Å². The maximum Gasteiger partial charge on any atom is 0.354 e. The van der Waals surface area contributed by atoms with E-state index < -0.39 is 4.92 Å². The molecule has 1 aromatic heterocycles. The average Bonchev–Trinajstić information content (AvgIpc) is 2.63. The van der Waals surface area contributed by atoms with E-state index in [1.54, 1.807) is 11.9 Å². The van der Waals surface area contributed by atoms with Crippen LogP contribution in [0.5, 0.6) is 0 Å². The Hall–Kier alpha value is -3.48. The maximum atomic E-state index is 11.8. The van der Waals surface area contributed by atoms with Gasteiger partial charge in [-0.05, 0) is 37.6 Å². The van der Waals surface area contributed by atoms with Crippen LogP contribution in [-0.2, 0) is 0 Å².